The van der Waals surface area contributed by atoms with E-state index in [-0.39, 0.29) is 23.1 Å². The molecule has 0 fully saturated rings. The Labute approximate surface area is 232 Å². The zero-order valence-corrected chi connectivity index (χ0v) is 22.4. The van der Waals surface area contributed by atoms with Crippen molar-refractivity contribution in [1.29, 1.82) is 0 Å². The minimum absolute atomic E-state index is 0.0946. The Morgan fingerprint density at radius 3 is 2.38 bits per heavy atom. The highest BCUT2D eigenvalue weighted by atomic mass is 35.5. The molecule has 0 bridgehead atoms. The van der Waals surface area contributed by atoms with E-state index in [9.17, 15) is 14.4 Å². The summed E-state index contributed by atoms with van der Waals surface area (Å²) in [5, 5.41) is 8.16. The van der Waals surface area contributed by atoms with Crippen LogP contribution < -0.4 is 10.6 Å². The molecule has 0 atom stereocenters. The number of halogens is 2. The number of hydrogen-bond donors (Lipinski definition) is 2. The molecule has 4 rings (SSSR count). The summed E-state index contributed by atoms with van der Waals surface area (Å²) in [5.74, 6) is -0.760. The molecule has 5 nitrogen and oxygen atoms in total. The predicted molar refractivity (Wildman–Crippen MR) is 153 cm³/mol. The lowest BCUT2D eigenvalue weighted by atomic mass is 10.1. The first-order valence-corrected chi connectivity index (χ1v) is 13.7. The van der Waals surface area contributed by atoms with Crippen molar-refractivity contribution in [3.05, 3.63) is 122 Å². The second-order valence-corrected chi connectivity index (χ2v) is 10.6. The number of thiophene rings is 1. The fourth-order valence-corrected chi connectivity index (χ4v) is 5.03. The van der Waals surface area contributed by atoms with Gasteiger partial charge in [0.1, 0.15) is 5.70 Å². The Morgan fingerprint density at radius 1 is 0.838 bits per heavy atom. The van der Waals surface area contributed by atoms with Gasteiger partial charge in [-0.25, -0.2) is 0 Å². The molecule has 37 heavy (non-hydrogen) atoms. The van der Waals surface area contributed by atoms with Crippen molar-refractivity contribution in [2.75, 3.05) is 11.1 Å². The van der Waals surface area contributed by atoms with Gasteiger partial charge in [0.05, 0.1) is 15.8 Å². The second kappa shape index (κ2) is 12.7. The first kappa shape index (κ1) is 26.7. The molecule has 3 aromatic carbocycles. The molecule has 2 amide bonds. The molecule has 0 radical (unpaired) electrons. The highest BCUT2D eigenvalue weighted by Crippen LogP contribution is 2.26. The number of carbonyl (C=O) groups is 3. The van der Waals surface area contributed by atoms with E-state index in [0.717, 1.165) is 9.77 Å². The van der Waals surface area contributed by atoms with Crippen LogP contribution in [0.2, 0.25) is 10.0 Å². The van der Waals surface area contributed by atoms with Gasteiger partial charge in [0.15, 0.2) is 5.78 Å². The van der Waals surface area contributed by atoms with Crippen LogP contribution >= 0.6 is 46.3 Å². The van der Waals surface area contributed by atoms with Crippen LogP contribution in [-0.4, -0.2) is 23.4 Å². The maximum absolute atomic E-state index is 13.2. The summed E-state index contributed by atoms with van der Waals surface area (Å²) < 4.78 is 0. The van der Waals surface area contributed by atoms with Gasteiger partial charge < -0.3 is 10.6 Å². The average Bonchev–Trinajstić information content (AvgIpc) is 3.42. The zero-order chi connectivity index (χ0) is 26.2. The smallest absolute Gasteiger partial charge is 0.272 e. The van der Waals surface area contributed by atoms with Gasteiger partial charge >= 0.3 is 0 Å². The van der Waals surface area contributed by atoms with Gasteiger partial charge in [-0.05, 0) is 66.1 Å². The number of anilines is 1. The van der Waals surface area contributed by atoms with Gasteiger partial charge in [-0.1, -0.05) is 53.5 Å². The van der Waals surface area contributed by atoms with Gasteiger partial charge in [-0.2, -0.15) is 0 Å². The first-order valence-electron chi connectivity index (χ1n) is 11.0. The summed E-state index contributed by atoms with van der Waals surface area (Å²) in [5.41, 5.74) is 1.56. The van der Waals surface area contributed by atoms with E-state index in [1.165, 1.54) is 23.1 Å². The lowest BCUT2D eigenvalue weighted by Gasteiger charge is -2.12. The Kier molecular flexibility index (Phi) is 9.19. The molecule has 1 heterocycles. The minimum Gasteiger partial charge on any atom is -0.321 e. The number of rotatable bonds is 9. The number of Topliss-reactive ketones (excluding diaryl/α,β-unsaturated/α-hetero) is 1. The molecule has 2 N–H and O–H groups in total. The molecule has 0 aliphatic heterocycles. The van der Waals surface area contributed by atoms with Crippen LogP contribution in [0.15, 0.2) is 101 Å². The molecule has 4 aromatic rings. The normalized spacial score (nSPS) is 11.1. The minimum atomic E-state index is -0.466. The van der Waals surface area contributed by atoms with Crippen LogP contribution in [0.1, 0.15) is 25.6 Å². The highest BCUT2D eigenvalue weighted by Gasteiger charge is 2.16. The Hall–Kier alpha value is -3.36. The molecule has 0 aliphatic rings. The van der Waals surface area contributed by atoms with E-state index in [0.29, 0.717) is 26.9 Å². The third-order valence-corrected chi connectivity index (χ3v) is 7.61. The van der Waals surface area contributed by atoms with Gasteiger partial charge in [0.25, 0.3) is 11.8 Å². The maximum atomic E-state index is 13.2. The number of amides is 2. The van der Waals surface area contributed by atoms with Gasteiger partial charge in [-0.15, -0.1) is 23.1 Å². The Morgan fingerprint density at radius 2 is 1.65 bits per heavy atom. The van der Waals surface area contributed by atoms with Crippen LogP contribution in [0, 0.1) is 0 Å². The van der Waals surface area contributed by atoms with Crippen molar-refractivity contribution in [1.82, 2.24) is 5.32 Å². The number of carbonyl (C=O) groups excluding carboxylic acids is 3. The summed E-state index contributed by atoms with van der Waals surface area (Å²) in [6.07, 6.45) is 1.63. The van der Waals surface area contributed by atoms with E-state index in [4.69, 9.17) is 23.2 Å². The fraction of sp³-hybridized carbons (Fsp3) is 0.0357. The molecule has 9 heteroatoms. The van der Waals surface area contributed by atoms with Crippen molar-refractivity contribution in [2.45, 2.75) is 4.90 Å². The summed E-state index contributed by atoms with van der Waals surface area (Å²) in [6.45, 7) is 0. The zero-order valence-electron chi connectivity index (χ0n) is 19.2. The third kappa shape index (κ3) is 7.57. The molecule has 0 spiro atoms. The van der Waals surface area contributed by atoms with E-state index in [1.54, 1.807) is 66.7 Å². The van der Waals surface area contributed by atoms with Crippen molar-refractivity contribution in [2.24, 2.45) is 0 Å². The Balaban J connectivity index is 1.45. The summed E-state index contributed by atoms with van der Waals surface area (Å²) in [7, 11) is 0. The number of nitrogens with one attached hydrogen (secondary N) is 2. The summed E-state index contributed by atoms with van der Waals surface area (Å²) in [4.78, 5) is 40.1. The molecule has 1 aromatic heterocycles. The largest absolute Gasteiger partial charge is 0.321 e. The first-order chi connectivity index (χ1) is 17.9. The SMILES string of the molecule is O=C(Nc1cccc(SCC(=O)c2ccc(Cl)c(Cl)c2)c1)/C(=C/c1cccs1)NC(=O)c1ccccc1. The standard InChI is InChI=1S/C28H20Cl2N2O3S2/c29-23-12-11-19(14-24(23)30)26(33)17-37-21-9-4-8-20(15-21)31-28(35)25(16-22-10-5-13-36-22)32-27(34)18-6-2-1-3-7-18/h1-16H,17H2,(H,31,35)(H,32,34)/b25-16-. The average molecular weight is 568 g/mol. The van der Waals surface area contributed by atoms with Crippen molar-refractivity contribution in [3.8, 4) is 0 Å². The van der Waals surface area contributed by atoms with Gasteiger partial charge in [0.2, 0.25) is 0 Å². The number of hydrogen-bond acceptors (Lipinski definition) is 5. The number of benzene rings is 3. The van der Waals surface area contributed by atoms with E-state index in [1.807, 2.05) is 29.6 Å². The van der Waals surface area contributed by atoms with Crippen LogP contribution in [0.3, 0.4) is 0 Å². The van der Waals surface area contributed by atoms with Crippen molar-refractivity contribution < 1.29 is 14.4 Å². The molecule has 0 unspecified atom stereocenters. The fourth-order valence-electron chi connectivity index (χ4n) is 3.22. The highest BCUT2D eigenvalue weighted by molar-refractivity contribution is 8.00. The molecular weight excluding hydrogens is 547 g/mol. The van der Waals surface area contributed by atoms with E-state index < -0.39 is 5.91 Å². The summed E-state index contributed by atoms with van der Waals surface area (Å²) in [6, 6.07) is 24.3. The number of thioether (sulfide) groups is 1. The molecular formula is C28H20Cl2N2O3S2. The second-order valence-electron chi connectivity index (χ2n) is 7.72. The lowest BCUT2D eigenvalue weighted by Crippen LogP contribution is -2.30. The number of ketones is 1. The van der Waals surface area contributed by atoms with E-state index >= 15 is 0 Å². The third-order valence-electron chi connectivity index (χ3n) is 5.06. The lowest BCUT2D eigenvalue weighted by molar-refractivity contribution is -0.113. The van der Waals surface area contributed by atoms with Crippen LogP contribution in [0.5, 0.6) is 0 Å². The van der Waals surface area contributed by atoms with Crippen LogP contribution in [0.25, 0.3) is 6.08 Å². The molecule has 186 valence electrons. The van der Waals surface area contributed by atoms with Crippen LogP contribution in [-0.2, 0) is 4.79 Å². The monoisotopic (exact) mass is 566 g/mol. The quantitative estimate of drug-likeness (QED) is 0.125. The summed E-state index contributed by atoms with van der Waals surface area (Å²) >= 11 is 14.7. The van der Waals surface area contributed by atoms with Crippen molar-refractivity contribution >= 4 is 75.7 Å². The van der Waals surface area contributed by atoms with Crippen LogP contribution in [0.4, 0.5) is 5.69 Å². The van der Waals surface area contributed by atoms with Gasteiger partial charge in [-0.3, -0.25) is 14.4 Å². The topological polar surface area (TPSA) is 75.3 Å². The molecule has 0 saturated heterocycles. The van der Waals surface area contributed by atoms with E-state index in [2.05, 4.69) is 10.6 Å². The maximum Gasteiger partial charge on any atom is 0.272 e. The van der Waals surface area contributed by atoms with Crippen molar-refractivity contribution in [3.63, 3.8) is 0 Å². The predicted octanol–water partition coefficient (Wildman–Crippen LogP) is 7.44. The van der Waals surface area contributed by atoms with Gasteiger partial charge in [0, 0.05) is 26.6 Å². The molecule has 0 aliphatic carbocycles. The Bertz CT molecular complexity index is 1460. The molecule has 0 saturated carbocycles.